The lowest BCUT2D eigenvalue weighted by atomic mass is 10.2. The molecule has 2 heterocycles. The molecule has 3 aromatic rings. The second-order valence-corrected chi connectivity index (χ2v) is 5.14. The number of benzene rings is 1. The Morgan fingerprint density at radius 2 is 2.14 bits per heavy atom. The van der Waals surface area contributed by atoms with E-state index in [1.807, 2.05) is 38.1 Å². The van der Waals surface area contributed by atoms with Crippen LogP contribution in [0.2, 0.25) is 0 Å². The van der Waals surface area contributed by atoms with Crippen LogP contribution in [0, 0.1) is 20.8 Å². The van der Waals surface area contributed by atoms with E-state index < -0.39 is 0 Å². The summed E-state index contributed by atoms with van der Waals surface area (Å²) < 4.78 is 5.35. The largest absolute Gasteiger partial charge is 0.446 e. The molecule has 0 spiro atoms. The van der Waals surface area contributed by atoms with Gasteiger partial charge >= 0.3 is 0 Å². The topological polar surface area (TPSA) is 70.9 Å². The summed E-state index contributed by atoms with van der Waals surface area (Å²) in [5.41, 5.74) is 3.43. The predicted octanol–water partition coefficient (Wildman–Crippen LogP) is 3.01. The van der Waals surface area contributed by atoms with Crippen molar-refractivity contribution in [2.75, 3.05) is 0 Å². The molecule has 0 aliphatic rings. The zero-order chi connectivity index (χ0) is 15.0. The first-order valence-electron chi connectivity index (χ1n) is 6.84. The van der Waals surface area contributed by atoms with E-state index in [9.17, 15) is 4.79 Å². The van der Waals surface area contributed by atoms with Gasteiger partial charge < -0.3 is 14.7 Å². The molecule has 108 valence electrons. The van der Waals surface area contributed by atoms with Crippen molar-refractivity contribution in [2.24, 2.45) is 0 Å². The fourth-order valence-electron chi connectivity index (χ4n) is 2.43. The van der Waals surface area contributed by atoms with Gasteiger partial charge in [-0.05, 0) is 25.5 Å². The molecule has 5 nitrogen and oxygen atoms in total. The first-order valence-corrected chi connectivity index (χ1v) is 6.84. The molecule has 0 aliphatic heterocycles. The molecule has 0 saturated carbocycles. The smallest absolute Gasteiger partial charge is 0.268 e. The van der Waals surface area contributed by atoms with Crippen molar-refractivity contribution in [3.05, 3.63) is 52.9 Å². The Labute approximate surface area is 122 Å². The van der Waals surface area contributed by atoms with E-state index in [0.717, 1.165) is 27.9 Å². The van der Waals surface area contributed by atoms with Crippen molar-refractivity contribution in [1.82, 2.24) is 15.3 Å². The summed E-state index contributed by atoms with van der Waals surface area (Å²) in [6.45, 7) is 6.00. The number of oxazole rings is 1. The molecule has 2 N–H and O–H groups in total. The summed E-state index contributed by atoms with van der Waals surface area (Å²) >= 11 is 0. The van der Waals surface area contributed by atoms with Crippen molar-refractivity contribution < 1.29 is 9.21 Å². The Balaban J connectivity index is 1.78. The molecular weight excluding hydrogens is 266 g/mol. The van der Waals surface area contributed by atoms with Crippen LogP contribution < -0.4 is 5.32 Å². The molecule has 0 radical (unpaired) electrons. The molecule has 0 aliphatic carbocycles. The van der Waals surface area contributed by atoms with E-state index in [-0.39, 0.29) is 5.91 Å². The number of para-hydroxylation sites is 1. The number of rotatable bonds is 3. The second-order valence-electron chi connectivity index (χ2n) is 5.14. The van der Waals surface area contributed by atoms with Crippen LogP contribution in [0.4, 0.5) is 0 Å². The number of hydrogen-bond donors (Lipinski definition) is 2. The maximum atomic E-state index is 12.2. The van der Waals surface area contributed by atoms with Gasteiger partial charge in [0.2, 0.25) is 0 Å². The molecular formula is C16H17N3O2. The molecule has 1 aromatic carbocycles. The molecule has 5 heteroatoms. The van der Waals surface area contributed by atoms with Crippen LogP contribution in [0.1, 0.15) is 33.4 Å². The number of nitrogens with one attached hydrogen (secondary N) is 2. The standard InChI is InChI=1S/C16H17N3O2/c1-9-5-4-6-12-7-13(19-15(9)12)16(20)17-8-14-10(2)21-11(3)18-14/h4-7,19H,8H2,1-3H3,(H,17,20). The maximum Gasteiger partial charge on any atom is 0.268 e. The van der Waals surface area contributed by atoms with E-state index in [2.05, 4.69) is 15.3 Å². The highest BCUT2D eigenvalue weighted by atomic mass is 16.4. The summed E-state index contributed by atoms with van der Waals surface area (Å²) in [5, 5.41) is 3.89. The van der Waals surface area contributed by atoms with Gasteiger partial charge in [0.05, 0.1) is 6.54 Å². The number of hydrogen-bond acceptors (Lipinski definition) is 3. The highest BCUT2D eigenvalue weighted by molar-refractivity contribution is 5.98. The number of amides is 1. The molecule has 0 unspecified atom stereocenters. The third-order valence-corrected chi connectivity index (χ3v) is 3.53. The number of carbonyl (C=O) groups excluding carboxylic acids is 1. The van der Waals surface area contributed by atoms with E-state index in [4.69, 9.17) is 4.42 Å². The van der Waals surface area contributed by atoms with E-state index >= 15 is 0 Å². The minimum Gasteiger partial charge on any atom is -0.446 e. The van der Waals surface area contributed by atoms with Crippen LogP contribution in [0.3, 0.4) is 0 Å². The van der Waals surface area contributed by atoms with Crippen LogP contribution in [-0.2, 0) is 6.54 Å². The molecule has 1 amide bonds. The van der Waals surface area contributed by atoms with Crippen molar-refractivity contribution in [1.29, 1.82) is 0 Å². The lowest BCUT2D eigenvalue weighted by Gasteiger charge is -2.01. The number of aromatic nitrogens is 2. The summed E-state index contributed by atoms with van der Waals surface area (Å²) in [4.78, 5) is 19.6. The highest BCUT2D eigenvalue weighted by Crippen LogP contribution is 2.19. The van der Waals surface area contributed by atoms with Crippen molar-refractivity contribution in [3.63, 3.8) is 0 Å². The Morgan fingerprint density at radius 1 is 1.33 bits per heavy atom. The van der Waals surface area contributed by atoms with Gasteiger partial charge in [-0.25, -0.2) is 4.98 Å². The number of fused-ring (bicyclic) bond motifs is 1. The van der Waals surface area contributed by atoms with Crippen molar-refractivity contribution in [3.8, 4) is 0 Å². The number of aryl methyl sites for hydroxylation is 3. The van der Waals surface area contributed by atoms with Gasteiger partial charge in [-0.3, -0.25) is 4.79 Å². The van der Waals surface area contributed by atoms with E-state index in [1.165, 1.54) is 0 Å². The van der Waals surface area contributed by atoms with Crippen LogP contribution in [-0.4, -0.2) is 15.9 Å². The Bertz CT molecular complexity index is 814. The Hall–Kier alpha value is -2.56. The SMILES string of the molecule is Cc1nc(CNC(=O)c2cc3cccc(C)c3[nH]2)c(C)o1. The predicted molar refractivity (Wildman–Crippen MR) is 80.2 cm³/mol. The zero-order valence-electron chi connectivity index (χ0n) is 12.3. The molecule has 0 saturated heterocycles. The fraction of sp³-hybridized carbons (Fsp3) is 0.250. The Kier molecular flexibility index (Phi) is 3.25. The summed E-state index contributed by atoms with van der Waals surface area (Å²) in [6.07, 6.45) is 0. The average molecular weight is 283 g/mol. The van der Waals surface area contributed by atoms with E-state index in [0.29, 0.717) is 18.1 Å². The van der Waals surface area contributed by atoms with Crippen LogP contribution in [0.5, 0.6) is 0 Å². The summed E-state index contributed by atoms with van der Waals surface area (Å²) in [5.74, 6) is 1.20. The number of aromatic amines is 1. The van der Waals surface area contributed by atoms with Crippen LogP contribution >= 0.6 is 0 Å². The highest BCUT2D eigenvalue weighted by Gasteiger charge is 2.12. The third kappa shape index (κ3) is 2.54. The molecule has 0 fully saturated rings. The number of carbonyl (C=O) groups is 1. The van der Waals surface area contributed by atoms with Crippen molar-refractivity contribution in [2.45, 2.75) is 27.3 Å². The number of H-pyrrole nitrogens is 1. The van der Waals surface area contributed by atoms with Gasteiger partial charge in [-0.15, -0.1) is 0 Å². The van der Waals surface area contributed by atoms with Gasteiger partial charge in [-0.2, -0.15) is 0 Å². The number of nitrogens with zero attached hydrogens (tertiary/aromatic N) is 1. The second kappa shape index (κ2) is 5.09. The minimum absolute atomic E-state index is 0.148. The van der Waals surface area contributed by atoms with Gasteiger partial charge in [0.1, 0.15) is 17.1 Å². The van der Waals surface area contributed by atoms with Gasteiger partial charge in [0, 0.05) is 17.8 Å². The lowest BCUT2D eigenvalue weighted by molar-refractivity contribution is 0.0946. The van der Waals surface area contributed by atoms with Gasteiger partial charge in [0.15, 0.2) is 5.89 Å². The lowest BCUT2D eigenvalue weighted by Crippen LogP contribution is -2.23. The molecule has 2 aromatic heterocycles. The molecule has 21 heavy (non-hydrogen) atoms. The zero-order valence-corrected chi connectivity index (χ0v) is 12.3. The third-order valence-electron chi connectivity index (χ3n) is 3.53. The summed E-state index contributed by atoms with van der Waals surface area (Å²) in [7, 11) is 0. The summed E-state index contributed by atoms with van der Waals surface area (Å²) in [6, 6.07) is 7.84. The van der Waals surface area contributed by atoms with Crippen LogP contribution in [0.25, 0.3) is 10.9 Å². The first kappa shape index (κ1) is 13.4. The Morgan fingerprint density at radius 3 is 2.81 bits per heavy atom. The fourth-order valence-corrected chi connectivity index (χ4v) is 2.43. The van der Waals surface area contributed by atoms with Crippen molar-refractivity contribution >= 4 is 16.8 Å². The normalized spacial score (nSPS) is 11.0. The van der Waals surface area contributed by atoms with Crippen LogP contribution in [0.15, 0.2) is 28.7 Å². The van der Waals surface area contributed by atoms with E-state index in [1.54, 1.807) is 6.92 Å². The quantitative estimate of drug-likeness (QED) is 0.776. The maximum absolute atomic E-state index is 12.2. The van der Waals surface area contributed by atoms with Gasteiger partial charge in [-0.1, -0.05) is 18.2 Å². The molecule has 0 bridgehead atoms. The molecule has 3 rings (SSSR count). The first-order chi connectivity index (χ1) is 10.0. The average Bonchev–Trinajstić information content (AvgIpc) is 3.00. The minimum atomic E-state index is -0.148. The monoisotopic (exact) mass is 283 g/mol. The molecule has 0 atom stereocenters. The van der Waals surface area contributed by atoms with Gasteiger partial charge in [0.25, 0.3) is 5.91 Å².